The Labute approximate surface area is 173 Å². The van der Waals surface area contributed by atoms with Gasteiger partial charge >= 0.3 is 0 Å². The number of aliphatic hydroxyl groups excluding tert-OH is 2. The summed E-state index contributed by atoms with van der Waals surface area (Å²) in [7, 11) is -0.766. The molecule has 0 amide bonds. The molecule has 5 N–H and O–H groups in total. The van der Waals surface area contributed by atoms with Crippen LogP contribution in [-0.4, -0.2) is 56.9 Å². The van der Waals surface area contributed by atoms with Gasteiger partial charge < -0.3 is 25.4 Å². The van der Waals surface area contributed by atoms with Crippen molar-refractivity contribution < 1.29 is 28.1 Å². The Balaban J connectivity index is 1.87. The Kier molecular flexibility index (Phi) is 9.16. The van der Waals surface area contributed by atoms with Gasteiger partial charge in [-0.05, 0) is 30.0 Å². The number of nitrogens with one attached hydrogen (secondary N) is 1. The molecule has 29 heavy (non-hydrogen) atoms. The van der Waals surface area contributed by atoms with Crippen LogP contribution in [0.3, 0.4) is 0 Å². The summed E-state index contributed by atoms with van der Waals surface area (Å²) >= 11 is 0. The molecule has 0 bridgehead atoms. The number of hydrogen-bond donors (Lipinski definition) is 4. The quantitative estimate of drug-likeness (QED) is 0.414. The van der Waals surface area contributed by atoms with Crippen molar-refractivity contribution in [3.8, 4) is 11.5 Å². The average molecular weight is 431 g/mol. The second kappa shape index (κ2) is 11.1. The number of benzene rings is 1. The zero-order chi connectivity index (χ0) is 21.4. The summed E-state index contributed by atoms with van der Waals surface area (Å²) in [6.45, 7) is 0.0370. The maximum absolute atomic E-state index is 12.3. The van der Waals surface area contributed by atoms with E-state index in [4.69, 9.17) is 15.2 Å². The third-order valence-corrected chi connectivity index (χ3v) is 6.89. The minimum absolute atomic E-state index is 0.0370. The molecule has 3 atom stereocenters. The molecule has 166 valence electrons. The van der Waals surface area contributed by atoms with Crippen molar-refractivity contribution in [3.05, 3.63) is 23.8 Å². The maximum atomic E-state index is 12.3. The van der Waals surface area contributed by atoms with Crippen LogP contribution in [0.25, 0.3) is 0 Å². The topological polar surface area (TPSA) is 131 Å². The van der Waals surface area contributed by atoms with Gasteiger partial charge in [0.15, 0.2) is 11.5 Å². The highest BCUT2D eigenvalue weighted by molar-refractivity contribution is 7.89. The molecule has 0 spiro atoms. The van der Waals surface area contributed by atoms with E-state index in [1.807, 2.05) is 0 Å². The normalized spacial score (nSPS) is 18.8. The largest absolute Gasteiger partial charge is 0.493 e. The molecular weight excluding hydrogens is 396 g/mol. The number of methoxy groups -OCH3 is 2. The highest BCUT2D eigenvalue weighted by Crippen LogP contribution is 2.29. The van der Waals surface area contributed by atoms with Gasteiger partial charge in [-0.25, -0.2) is 13.1 Å². The molecule has 9 heteroatoms. The van der Waals surface area contributed by atoms with Gasteiger partial charge in [0.1, 0.15) is 0 Å². The summed E-state index contributed by atoms with van der Waals surface area (Å²) in [4.78, 5) is 0. The third-order valence-electron chi connectivity index (χ3n) is 5.52. The zero-order valence-electron chi connectivity index (χ0n) is 17.2. The lowest BCUT2D eigenvalue weighted by Crippen LogP contribution is -2.49. The lowest BCUT2D eigenvalue weighted by Gasteiger charge is -2.29. The van der Waals surface area contributed by atoms with Crippen LogP contribution in [0.2, 0.25) is 0 Å². The van der Waals surface area contributed by atoms with Crippen molar-refractivity contribution in [2.75, 3.05) is 20.0 Å². The van der Waals surface area contributed by atoms with E-state index in [0.717, 1.165) is 25.7 Å². The van der Waals surface area contributed by atoms with Gasteiger partial charge in [-0.2, -0.15) is 0 Å². The Morgan fingerprint density at radius 1 is 1.10 bits per heavy atom. The number of rotatable bonds is 11. The number of sulfonamides is 1. The van der Waals surface area contributed by atoms with Crippen LogP contribution in [-0.2, 0) is 16.6 Å². The molecule has 1 aromatic rings. The van der Waals surface area contributed by atoms with E-state index in [1.165, 1.54) is 20.6 Å². The smallest absolute Gasteiger partial charge is 0.214 e. The Morgan fingerprint density at radius 2 is 1.76 bits per heavy atom. The molecule has 1 aliphatic carbocycles. The number of nitrogens with two attached hydrogens (primary N) is 1. The molecule has 0 radical (unpaired) electrons. The van der Waals surface area contributed by atoms with Crippen LogP contribution >= 0.6 is 0 Å². The van der Waals surface area contributed by atoms with Crippen molar-refractivity contribution in [2.45, 2.75) is 63.3 Å². The summed E-state index contributed by atoms with van der Waals surface area (Å²) in [5.41, 5.74) is 6.62. The molecule has 2 rings (SSSR count). The lowest BCUT2D eigenvalue weighted by atomic mass is 9.84. The van der Waals surface area contributed by atoms with Crippen LogP contribution < -0.4 is 19.9 Å². The summed E-state index contributed by atoms with van der Waals surface area (Å²) in [5.74, 6) is 0.866. The molecule has 0 unspecified atom stereocenters. The van der Waals surface area contributed by atoms with Crippen LogP contribution in [0.15, 0.2) is 18.2 Å². The first kappa shape index (κ1) is 23.9. The fraction of sp³-hybridized carbons (Fsp3) is 0.700. The molecule has 1 aromatic carbocycles. The summed E-state index contributed by atoms with van der Waals surface area (Å²) < 4.78 is 37.5. The molecule has 0 aromatic heterocycles. The van der Waals surface area contributed by atoms with Gasteiger partial charge in [-0.15, -0.1) is 0 Å². The van der Waals surface area contributed by atoms with Gasteiger partial charge in [0, 0.05) is 6.54 Å². The van der Waals surface area contributed by atoms with Crippen molar-refractivity contribution >= 4 is 10.0 Å². The van der Waals surface area contributed by atoms with Crippen molar-refractivity contribution in [1.29, 1.82) is 0 Å². The van der Waals surface area contributed by atoms with Crippen molar-refractivity contribution in [3.63, 3.8) is 0 Å². The molecular formula is C20H34N2O6S. The summed E-state index contributed by atoms with van der Waals surface area (Å²) in [5, 5.41) is 20.6. The Hall–Kier alpha value is -1.39. The molecule has 8 nitrogen and oxygen atoms in total. The van der Waals surface area contributed by atoms with Gasteiger partial charge in [-0.3, -0.25) is 0 Å². The van der Waals surface area contributed by atoms with Gasteiger partial charge in [0.25, 0.3) is 0 Å². The van der Waals surface area contributed by atoms with Crippen molar-refractivity contribution in [2.24, 2.45) is 11.7 Å². The summed E-state index contributed by atoms with van der Waals surface area (Å²) in [6.07, 6.45) is 3.82. The fourth-order valence-corrected chi connectivity index (χ4v) is 4.93. The van der Waals surface area contributed by atoms with E-state index in [2.05, 4.69) is 4.72 Å². The van der Waals surface area contributed by atoms with E-state index in [9.17, 15) is 18.6 Å². The molecule has 0 saturated heterocycles. The Bertz CT molecular complexity index is 736. The molecule has 0 aliphatic heterocycles. The summed E-state index contributed by atoms with van der Waals surface area (Å²) in [6, 6.07) is 4.08. The monoisotopic (exact) mass is 430 g/mol. The number of aliphatic hydroxyl groups is 2. The number of hydrogen-bond acceptors (Lipinski definition) is 7. The first-order chi connectivity index (χ1) is 13.8. The minimum Gasteiger partial charge on any atom is -0.493 e. The highest BCUT2D eigenvalue weighted by Gasteiger charge is 2.29. The van der Waals surface area contributed by atoms with Gasteiger partial charge in [-0.1, -0.05) is 38.2 Å². The van der Waals surface area contributed by atoms with E-state index in [0.29, 0.717) is 29.4 Å². The highest BCUT2D eigenvalue weighted by atomic mass is 32.2. The molecule has 1 aliphatic rings. The average Bonchev–Trinajstić information content (AvgIpc) is 2.71. The van der Waals surface area contributed by atoms with Crippen molar-refractivity contribution in [1.82, 2.24) is 4.72 Å². The van der Waals surface area contributed by atoms with Gasteiger partial charge in [0.05, 0.1) is 38.2 Å². The molecule has 1 fully saturated rings. The standard InChI is InChI=1S/C20H34N2O6S/c1-27-18-9-8-15(11-19(18)28-2)12-22-29(25,26)13-17(24)20(21)16(23)10-14-6-4-3-5-7-14/h8-9,11,14,16-17,20,22-24H,3-7,10,12-13,21H2,1-2H3/t16-,17+,20+/m1/s1. The predicted molar refractivity (Wildman–Crippen MR) is 111 cm³/mol. The van der Waals surface area contributed by atoms with E-state index < -0.39 is 34.0 Å². The predicted octanol–water partition coefficient (Wildman–Crippen LogP) is 1.14. The minimum atomic E-state index is -3.79. The lowest BCUT2D eigenvalue weighted by molar-refractivity contribution is 0.0471. The zero-order valence-corrected chi connectivity index (χ0v) is 18.0. The van der Waals surface area contributed by atoms with Gasteiger partial charge in [0.2, 0.25) is 10.0 Å². The fourth-order valence-electron chi connectivity index (χ4n) is 3.76. The molecule has 1 saturated carbocycles. The van der Waals surface area contributed by atoms with Crippen LogP contribution in [0.1, 0.15) is 44.1 Å². The first-order valence-corrected chi connectivity index (χ1v) is 11.7. The number of ether oxygens (including phenoxy) is 2. The van der Waals surface area contributed by atoms with E-state index >= 15 is 0 Å². The maximum Gasteiger partial charge on any atom is 0.214 e. The van der Waals surface area contributed by atoms with Crippen LogP contribution in [0, 0.1) is 5.92 Å². The third kappa shape index (κ3) is 7.42. The van der Waals surface area contributed by atoms with Crippen LogP contribution in [0.5, 0.6) is 11.5 Å². The SMILES string of the molecule is COc1ccc(CNS(=O)(=O)C[C@H](O)[C@@H](N)[C@H](O)CC2CCCCC2)cc1OC. The Morgan fingerprint density at radius 3 is 2.38 bits per heavy atom. The van der Waals surface area contributed by atoms with E-state index in [1.54, 1.807) is 18.2 Å². The van der Waals surface area contributed by atoms with Crippen LogP contribution in [0.4, 0.5) is 0 Å². The first-order valence-electron chi connectivity index (χ1n) is 10.1. The second-order valence-corrected chi connectivity index (χ2v) is 9.60. The van der Waals surface area contributed by atoms with E-state index in [-0.39, 0.29) is 6.54 Å². The second-order valence-electron chi connectivity index (χ2n) is 7.74. The molecule has 0 heterocycles.